The molecule has 3 N–H and O–H groups in total. The van der Waals surface area contributed by atoms with E-state index in [0.29, 0.717) is 19.0 Å². The van der Waals surface area contributed by atoms with E-state index in [-0.39, 0.29) is 36.4 Å². The van der Waals surface area contributed by atoms with Gasteiger partial charge in [-0.25, -0.2) is 4.99 Å². The van der Waals surface area contributed by atoms with E-state index < -0.39 is 0 Å². The minimum atomic E-state index is -0.128. The molecule has 0 radical (unpaired) electrons. The Morgan fingerprint density at radius 2 is 2.00 bits per heavy atom. The molecule has 1 aromatic carbocycles. The molecule has 0 bridgehead atoms. The van der Waals surface area contributed by atoms with Crippen LogP contribution in [0.3, 0.4) is 0 Å². The Balaban J connectivity index is 0.00000385. The Bertz CT molecular complexity index is 1010. The normalized spacial score (nSPS) is 11.1. The molecule has 0 spiro atoms. The summed E-state index contributed by atoms with van der Waals surface area (Å²) in [4.78, 5) is 16.9. The van der Waals surface area contributed by atoms with Crippen LogP contribution in [0.25, 0.3) is 0 Å². The van der Waals surface area contributed by atoms with Gasteiger partial charge in [0, 0.05) is 43.2 Å². The van der Waals surface area contributed by atoms with Gasteiger partial charge in [0.25, 0.3) is 0 Å². The first kappa shape index (κ1) is 26.4. The number of rotatable bonds is 10. The average Bonchev–Trinajstić information content (AvgIpc) is 3.45. The van der Waals surface area contributed by atoms with Crippen LogP contribution in [0, 0.1) is 0 Å². The molecule has 0 fully saturated rings. The van der Waals surface area contributed by atoms with Crippen molar-refractivity contribution in [3.8, 4) is 0 Å². The van der Waals surface area contributed by atoms with Gasteiger partial charge in [0.2, 0.25) is 5.91 Å². The largest absolute Gasteiger partial charge is 0.361 e. The first-order chi connectivity index (χ1) is 15.6. The molecule has 0 aliphatic rings. The van der Waals surface area contributed by atoms with Crippen LogP contribution in [0.4, 0.5) is 5.69 Å². The summed E-state index contributed by atoms with van der Waals surface area (Å²) in [5.74, 6) is 1.49. The van der Waals surface area contributed by atoms with Crippen molar-refractivity contribution in [2.75, 3.05) is 11.9 Å². The first-order valence-electron chi connectivity index (χ1n) is 11.0. The van der Waals surface area contributed by atoms with Crippen molar-refractivity contribution in [2.45, 2.75) is 53.2 Å². The summed E-state index contributed by atoms with van der Waals surface area (Å²) in [6.07, 6.45) is 5.03. The van der Waals surface area contributed by atoms with Gasteiger partial charge in [-0.05, 0) is 37.1 Å². The Labute approximate surface area is 211 Å². The van der Waals surface area contributed by atoms with Crippen LogP contribution in [0.5, 0.6) is 0 Å². The molecular weight excluding hydrogens is 533 g/mol. The molecule has 178 valence electrons. The molecular formula is C23H32IN7O2. The van der Waals surface area contributed by atoms with E-state index in [4.69, 9.17) is 9.52 Å². The highest BCUT2D eigenvalue weighted by Crippen LogP contribution is 2.15. The Morgan fingerprint density at radius 1 is 1.15 bits per heavy atom. The number of guanidine groups is 1. The number of nitrogens with zero attached hydrogens (tertiary/aromatic N) is 4. The second-order valence-corrected chi connectivity index (χ2v) is 7.24. The van der Waals surface area contributed by atoms with Gasteiger partial charge in [0.1, 0.15) is 12.3 Å². The third-order valence-electron chi connectivity index (χ3n) is 4.88. The zero-order chi connectivity index (χ0) is 22.8. The number of aryl methyl sites for hydroxylation is 2. The third-order valence-corrected chi connectivity index (χ3v) is 4.88. The van der Waals surface area contributed by atoms with Crippen LogP contribution < -0.4 is 16.0 Å². The summed E-state index contributed by atoms with van der Waals surface area (Å²) in [5, 5.41) is 17.8. The topological polar surface area (TPSA) is 109 Å². The number of halogens is 1. The summed E-state index contributed by atoms with van der Waals surface area (Å²) >= 11 is 0. The maximum Gasteiger partial charge on any atom is 0.246 e. The number of nitrogens with one attached hydrogen (secondary N) is 3. The molecule has 3 aromatic rings. The molecule has 0 saturated carbocycles. The van der Waals surface area contributed by atoms with Crippen molar-refractivity contribution >= 4 is 41.5 Å². The van der Waals surface area contributed by atoms with Gasteiger partial charge in [-0.2, -0.15) is 5.10 Å². The van der Waals surface area contributed by atoms with E-state index >= 15 is 0 Å². The van der Waals surface area contributed by atoms with Crippen molar-refractivity contribution < 1.29 is 9.32 Å². The van der Waals surface area contributed by atoms with Crippen molar-refractivity contribution in [3.63, 3.8) is 0 Å². The molecule has 2 aromatic heterocycles. The van der Waals surface area contributed by atoms with Crippen LogP contribution in [0.2, 0.25) is 0 Å². The molecule has 10 heteroatoms. The highest BCUT2D eigenvalue weighted by atomic mass is 127. The lowest BCUT2D eigenvalue weighted by Crippen LogP contribution is -2.37. The molecule has 0 atom stereocenters. The van der Waals surface area contributed by atoms with Gasteiger partial charge in [-0.1, -0.05) is 31.1 Å². The quantitative estimate of drug-likeness (QED) is 0.197. The predicted molar refractivity (Wildman–Crippen MR) is 140 cm³/mol. The van der Waals surface area contributed by atoms with Crippen molar-refractivity contribution in [1.82, 2.24) is 25.6 Å². The van der Waals surface area contributed by atoms with Gasteiger partial charge in [0.15, 0.2) is 5.96 Å². The van der Waals surface area contributed by atoms with E-state index in [1.54, 1.807) is 23.1 Å². The summed E-state index contributed by atoms with van der Waals surface area (Å²) in [6.45, 7) is 8.16. The number of carbonyl (C=O) groups is 1. The molecule has 2 heterocycles. The van der Waals surface area contributed by atoms with E-state index in [1.165, 1.54) is 0 Å². The van der Waals surface area contributed by atoms with Gasteiger partial charge < -0.3 is 20.5 Å². The van der Waals surface area contributed by atoms with Crippen LogP contribution in [-0.4, -0.2) is 33.3 Å². The Hall–Kier alpha value is -2.89. The molecule has 1 amide bonds. The lowest BCUT2D eigenvalue weighted by molar-refractivity contribution is -0.116. The fraction of sp³-hybridized carbons (Fsp3) is 0.391. The summed E-state index contributed by atoms with van der Waals surface area (Å²) < 4.78 is 7.03. The standard InChI is InChI=1S/C23H31N7O2.HI/c1-4-20-19(21(5-2)32-29-20)15-26-23(24-6-3)25-14-17-9-7-10-18(13-17)28-22(31)16-30-12-8-11-27-30;/h7-13H,4-6,14-16H2,1-3H3,(H,28,31)(H2,24,25,26);1H. The average molecular weight is 565 g/mol. The number of anilines is 1. The van der Waals surface area contributed by atoms with Crippen LogP contribution in [0.15, 0.2) is 52.2 Å². The van der Waals surface area contributed by atoms with E-state index in [9.17, 15) is 4.79 Å². The monoisotopic (exact) mass is 565 g/mol. The minimum Gasteiger partial charge on any atom is -0.361 e. The minimum absolute atomic E-state index is 0. The number of hydrogen-bond acceptors (Lipinski definition) is 5. The van der Waals surface area contributed by atoms with Gasteiger partial charge in [-0.3, -0.25) is 9.48 Å². The maximum absolute atomic E-state index is 12.2. The number of aliphatic imine (C=N–C) groups is 1. The van der Waals surface area contributed by atoms with E-state index in [1.807, 2.05) is 31.2 Å². The summed E-state index contributed by atoms with van der Waals surface area (Å²) in [5.41, 5.74) is 3.80. The molecule has 9 nitrogen and oxygen atoms in total. The molecule has 3 rings (SSSR count). The summed E-state index contributed by atoms with van der Waals surface area (Å²) in [6, 6.07) is 9.48. The lowest BCUT2D eigenvalue weighted by atomic mass is 10.1. The highest BCUT2D eigenvalue weighted by Gasteiger charge is 2.13. The number of aromatic nitrogens is 3. The van der Waals surface area contributed by atoms with Crippen LogP contribution >= 0.6 is 24.0 Å². The number of benzene rings is 1. The fourth-order valence-electron chi connectivity index (χ4n) is 3.31. The number of amides is 1. The molecule has 0 aliphatic carbocycles. The Morgan fingerprint density at radius 3 is 2.70 bits per heavy atom. The Kier molecular flexibility index (Phi) is 10.9. The maximum atomic E-state index is 12.2. The zero-order valence-corrected chi connectivity index (χ0v) is 21.6. The van der Waals surface area contributed by atoms with Crippen molar-refractivity contribution in [1.29, 1.82) is 0 Å². The number of hydrogen-bond donors (Lipinski definition) is 3. The van der Waals surface area contributed by atoms with Gasteiger partial charge in [0.05, 0.1) is 12.2 Å². The lowest BCUT2D eigenvalue weighted by Gasteiger charge is -2.12. The first-order valence-corrected chi connectivity index (χ1v) is 11.0. The molecule has 0 unspecified atom stereocenters. The SMILES string of the molecule is CCNC(=NCc1cccc(NC(=O)Cn2cccn2)c1)NCc1c(CC)noc1CC.I. The smallest absolute Gasteiger partial charge is 0.246 e. The molecule has 0 saturated heterocycles. The van der Waals surface area contributed by atoms with Crippen LogP contribution in [-0.2, 0) is 37.3 Å². The van der Waals surface area contributed by atoms with E-state index in [2.05, 4.69) is 40.1 Å². The third kappa shape index (κ3) is 7.88. The summed E-state index contributed by atoms with van der Waals surface area (Å²) in [7, 11) is 0. The number of carbonyl (C=O) groups excluding carboxylic acids is 1. The predicted octanol–water partition coefficient (Wildman–Crippen LogP) is 3.51. The van der Waals surface area contributed by atoms with E-state index in [0.717, 1.165) is 47.7 Å². The second kappa shape index (κ2) is 13.6. The van der Waals surface area contributed by atoms with Crippen molar-refractivity contribution in [2.24, 2.45) is 4.99 Å². The second-order valence-electron chi connectivity index (χ2n) is 7.24. The van der Waals surface area contributed by atoms with Crippen LogP contribution in [0.1, 0.15) is 43.4 Å². The fourth-order valence-corrected chi connectivity index (χ4v) is 3.31. The zero-order valence-electron chi connectivity index (χ0n) is 19.3. The molecule has 0 aliphatic heterocycles. The highest BCUT2D eigenvalue weighted by molar-refractivity contribution is 14.0. The van der Waals surface area contributed by atoms with Gasteiger partial charge >= 0.3 is 0 Å². The van der Waals surface area contributed by atoms with Crippen molar-refractivity contribution in [3.05, 3.63) is 65.3 Å². The van der Waals surface area contributed by atoms with Gasteiger partial charge in [-0.15, -0.1) is 24.0 Å². The molecule has 33 heavy (non-hydrogen) atoms.